The van der Waals surface area contributed by atoms with Gasteiger partial charge in [-0.05, 0) is 41.5 Å². The smallest absolute Gasteiger partial charge is 0.458 e. The molecule has 0 amide bonds. The fourth-order valence-electron chi connectivity index (χ4n) is 1.44. The number of rotatable bonds is 7. The molecule has 1 rings (SSSR count). The first-order chi connectivity index (χ1) is 16.4. The molecule has 1 aromatic rings. The van der Waals surface area contributed by atoms with Crippen molar-refractivity contribution in [3.05, 3.63) is 22.1 Å². The number of carbonyl (C=O) groups is 5. The van der Waals surface area contributed by atoms with Crippen molar-refractivity contribution in [1.29, 1.82) is 0 Å². The van der Waals surface area contributed by atoms with E-state index < -0.39 is 42.1 Å². The second-order valence-corrected chi connectivity index (χ2v) is 7.96. The quantitative estimate of drug-likeness (QED) is 0.289. The number of esters is 4. The van der Waals surface area contributed by atoms with Crippen LogP contribution >= 0.6 is 0 Å². The van der Waals surface area contributed by atoms with Crippen molar-refractivity contribution in [3.63, 3.8) is 0 Å². The Morgan fingerprint density at radius 1 is 0.778 bits per heavy atom. The SMILES string of the molecule is CC(=O)OCOC(=O)C(C)(C)C.CC(=O)OCOC(=O)OC(C)C.CC(=O)OCc1oc(=O)oc1C. The Hall–Kier alpha value is -3.84. The average molecular weight is 523 g/mol. The number of hydrogen-bond acceptors (Lipinski definition) is 14. The van der Waals surface area contributed by atoms with Crippen LogP contribution in [0.25, 0.3) is 0 Å². The third-order valence-corrected chi connectivity index (χ3v) is 3.08. The van der Waals surface area contributed by atoms with E-state index in [1.165, 1.54) is 20.8 Å². The van der Waals surface area contributed by atoms with Crippen LogP contribution in [0.2, 0.25) is 0 Å². The van der Waals surface area contributed by atoms with E-state index >= 15 is 0 Å². The molecule has 0 N–H and O–H groups in total. The molecule has 0 bridgehead atoms. The zero-order valence-corrected chi connectivity index (χ0v) is 21.9. The molecule has 0 unspecified atom stereocenters. The lowest BCUT2D eigenvalue weighted by Gasteiger charge is -2.15. The monoisotopic (exact) mass is 522 g/mol. The number of aryl methyl sites for hydroxylation is 1. The van der Waals surface area contributed by atoms with E-state index in [4.69, 9.17) is 0 Å². The van der Waals surface area contributed by atoms with Gasteiger partial charge < -0.3 is 37.3 Å². The van der Waals surface area contributed by atoms with Gasteiger partial charge in [-0.1, -0.05) is 0 Å². The molecule has 14 nitrogen and oxygen atoms in total. The van der Waals surface area contributed by atoms with Crippen LogP contribution in [0.4, 0.5) is 4.79 Å². The van der Waals surface area contributed by atoms with E-state index in [1.54, 1.807) is 41.5 Å². The fraction of sp³-hybridized carbons (Fsp3) is 0.636. The molecular weight excluding hydrogens is 488 g/mol. The molecule has 0 fully saturated rings. The molecule has 0 radical (unpaired) electrons. The van der Waals surface area contributed by atoms with E-state index in [0.29, 0.717) is 5.76 Å². The Morgan fingerprint density at radius 3 is 1.61 bits per heavy atom. The molecule has 0 spiro atoms. The molecular formula is C22H34O14. The highest BCUT2D eigenvalue weighted by atomic mass is 16.8. The zero-order chi connectivity index (χ0) is 28.5. The fourth-order valence-corrected chi connectivity index (χ4v) is 1.44. The van der Waals surface area contributed by atoms with Gasteiger partial charge in [-0.15, -0.1) is 0 Å². The first-order valence-electron chi connectivity index (χ1n) is 10.5. The van der Waals surface area contributed by atoms with E-state index in [9.17, 15) is 28.8 Å². The molecule has 206 valence electrons. The van der Waals surface area contributed by atoms with Crippen molar-refractivity contribution in [2.75, 3.05) is 13.6 Å². The maximum absolute atomic E-state index is 11.0. The normalized spacial score (nSPS) is 9.94. The minimum absolute atomic E-state index is 0.0626. The summed E-state index contributed by atoms with van der Waals surface area (Å²) in [4.78, 5) is 62.9. The van der Waals surface area contributed by atoms with Gasteiger partial charge in [-0.3, -0.25) is 19.2 Å². The second-order valence-electron chi connectivity index (χ2n) is 7.96. The van der Waals surface area contributed by atoms with Crippen LogP contribution in [0.1, 0.15) is 66.9 Å². The van der Waals surface area contributed by atoms with Crippen molar-refractivity contribution >= 4 is 30.0 Å². The first-order valence-corrected chi connectivity index (χ1v) is 10.5. The number of ether oxygens (including phenoxy) is 6. The summed E-state index contributed by atoms with van der Waals surface area (Å²) in [7, 11) is 0. The highest BCUT2D eigenvalue weighted by Crippen LogP contribution is 2.14. The van der Waals surface area contributed by atoms with Gasteiger partial charge in [0.1, 0.15) is 0 Å². The third-order valence-electron chi connectivity index (χ3n) is 3.08. The molecule has 1 aromatic heterocycles. The van der Waals surface area contributed by atoms with Gasteiger partial charge in [0.25, 0.3) is 0 Å². The van der Waals surface area contributed by atoms with Gasteiger partial charge in [0, 0.05) is 20.8 Å². The summed E-state index contributed by atoms with van der Waals surface area (Å²) in [6.45, 7) is 13.1. The maximum atomic E-state index is 11.0. The minimum atomic E-state index is -0.841. The van der Waals surface area contributed by atoms with Crippen LogP contribution in [-0.4, -0.2) is 49.7 Å². The summed E-state index contributed by atoms with van der Waals surface area (Å²) in [6, 6.07) is 0. The Balaban J connectivity index is 0. The lowest BCUT2D eigenvalue weighted by Crippen LogP contribution is -2.24. The summed E-state index contributed by atoms with van der Waals surface area (Å²) >= 11 is 0. The van der Waals surface area contributed by atoms with Crippen LogP contribution in [0, 0.1) is 12.3 Å². The first kappa shape index (κ1) is 34.3. The Labute approximate surface area is 208 Å². The topological polar surface area (TPSA) is 184 Å². The van der Waals surface area contributed by atoms with Crippen molar-refractivity contribution in [2.24, 2.45) is 5.41 Å². The molecule has 0 aliphatic rings. The van der Waals surface area contributed by atoms with Gasteiger partial charge in [0.15, 0.2) is 18.1 Å². The van der Waals surface area contributed by atoms with Crippen LogP contribution in [-0.2, 0) is 54.2 Å². The molecule has 0 aliphatic heterocycles. The average Bonchev–Trinajstić information content (AvgIpc) is 3.02. The van der Waals surface area contributed by atoms with Crippen molar-refractivity contribution in [3.8, 4) is 0 Å². The molecule has 0 aromatic carbocycles. The summed E-state index contributed by atoms with van der Waals surface area (Å²) in [6.07, 6.45) is -1.08. The van der Waals surface area contributed by atoms with E-state index in [-0.39, 0.29) is 31.2 Å². The van der Waals surface area contributed by atoms with Crippen LogP contribution < -0.4 is 5.82 Å². The van der Waals surface area contributed by atoms with Crippen LogP contribution in [0.15, 0.2) is 13.6 Å². The van der Waals surface area contributed by atoms with Crippen LogP contribution in [0.3, 0.4) is 0 Å². The summed E-state index contributed by atoms with van der Waals surface area (Å²) < 4.78 is 36.0. The zero-order valence-electron chi connectivity index (χ0n) is 21.9. The van der Waals surface area contributed by atoms with Crippen molar-refractivity contribution in [1.82, 2.24) is 0 Å². The van der Waals surface area contributed by atoms with Crippen LogP contribution in [0.5, 0.6) is 0 Å². The summed E-state index contributed by atoms with van der Waals surface area (Å²) in [5.41, 5.74) is -0.555. The van der Waals surface area contributed by atoms with E-state index in [2.05, 4.69) is 37.3 Å². The molecule has 14 heteroatoms. The van der Waals surface area contributed by atoms with Gasteiger partial charge in [0.2, 0.25) is 13.6 Å². The molecule has 0 saturated carbocycles. The second kappa shape index (κ2) is 17.6. The molecule has 0 atom stereocenters. The lowest BCUT2D eigenvalue weighted by atomic mass is 9.98. The van der Waals surface area contributed by atoms with E-state index in [1.807, 2.05) is 0 Å². The number of carbonyl (C=O) groups excluding carboxylic acids is 5. The summed E-state index contributed by atoms with van der Waals surface area (Å²) in [5.74, 6) is -1.99. The lowest BCUT2D eigenvalue weighted by molar-refractivity contribution is -0.172. The van der Waals surface area contributed by atoms with Gasteiger partial charge in [-0.2, -0.15) is 0 Å². The van der Waals surface area contributed by atoms with Gasteiger partial charge in [-0.25, -0.2) is 9.59 Å². The largest absolute Gasteiger partial charge is 0.519 e. The Kier molecular flexibility index (Phi) is 16.8. The van der Waals surface area contributed by atoms with Crippen molar-refractivity contribution in [2.45, 2.75) is 75.0 Å². The van der Waals surface area contributed by atoms with Gasteiger partial charge >= 0.3 is 35.9 Å². The molecule has 0 saturated heterocycles. The van der Waals surface area contributed by atoms with Crippen molar-refractivity contribution < 1.29 is 61.2 Å². The third kappa shape index (κ3) is 20.7. The minimum Gasteiger partial charge on any atom is -0.458 e. The predicted molar refractivity (Wildman–Crippen MR) is 119 cm³/mol. The standard InChI is InChI=1S/C8H14O4.C7H8O5.C7H12O5/c1-6(9)11-5-12-7(10)8(2,3)4;1-4-6(3-10-5(2)8)12-7(9)11-4;1-5(2)12-7(9)11-4-10-6(3)8/h5H2,1-4H3;3H2,1-2H3;5H,4H2,1-3H3. The molecule has 1 heterocycles. The van der Waals surface area contributed by atoms with E-state index in [0.717, 1.165) is 0 Å². The Morgan fingerprint density at radius 2 is 1.25 bits per heavy atom. The molecule has 36 heavy (non-hydrogen) atoms. The maximum Gasteiger partial charge on any atom is 0.519 e. The summed E-state index contributed by atoms with van der Waals surface area (Å²) in [5, 5.41) is 0. The highest BCUT2D eigenvalue weighted by Gasteiger charge is 2.23. The molecule has 0 aliphatic carbocycles. The highest BCUT2D eigenvalue weighted by molar-refractivity contribution is 5.75. The Bertz CT molecular complexity index is 901. The van der Waals surface area contributed by atoms with Gasteiger partial charge in [0.05, 0.1) is 11.5 Å². The number of hydrogen-bond donors (Lipinski definition) is 0. The predicted octanol–water partition coefficient (Wildman–Crippen LogP) is 2.77.